The van der Waals surface area contributed by atoms with Gasteiger partial charge in [-0.05, 0) is 131 Å². The molecule has 212 valence electrons. The minimum atomic E-state index is -3.27. The van der Waals surface area contributed by atoms with Gasteiger partial charge in [0.05, 0.1) is 12.2 Å². The second-order valence-electron chi connectivity index (χ2n) is 11.9. The predicted octanol–water partition coefficient (Wildman–Crippen LogP) is 10.9. The minimum Gasteiger partial charge on any atom is -0.316 e. The molecule has 0 aromatic heterocycles. The van der Waals surface area contributed by atoms with Crippen LogP contribution >= 0.6 is 0 Å². The number of hydrogen-bond acceptors (Lipinski definition) is 1. The van der Waals surface area contributed by atoms with Gasteiger partial charge in [0.1, 0.15) is 0 Å². The van der Waals surface area contributed by atoms with Gasteiger partial charge in [-0.2, -0.15) is 8.78 Å². The first kappa shape index (κ1) is 29.7. The van der Waals surface area contributed by atoms with E-state index in [1.165, 1.54) is 68.9 Å². The van der Waals surface area contributed by atoms with E-state index in [0.717, 1.165) is 36.7 Å². The number of alkyl halides is 2. The molecule has 2 fully saturated rings. The van der Waals surface area contributed by atoms with Crippen LogP contribution in [-0.4, -0.2) is 6.61 Å². The number of halogens is 2. The molecular formula is C36H48F2O. The van der Waals surface area contributed by atoms with Crippen LogP contribution < -0.4 is 0 Å². The largest absolute Gasteiger partial charge is 0.383 e. The van der Waals surface area contributed by atoms with Gasteiger partial charge in [-0.15, -0.1) is 6.58 Å². The molecule has 3 heteroatoms. The molecule has 0 unspecified atom stereocenters. The van der Waals surface area contributed by atoms with E-state index in [1.807, 2.05) is 18.2 Å². The third-order valence-corrected chi connectivity index (χ3v) is 9.29. The highest BCUT2D eigenvalue weighted by molar-refractivity contribution is 5.28. The molecule has 0 spiro atoms. The molecule has 4 rings (SSSR count). The van der Waals surface area contributed by atoms with Gasteiger partial charge in [0, 0.05) is 0 Å². The molecule has 2 saturated carbocycles. The summed E-state index contributed by atoms with van der Waals surface area (Å²) < 4.78 is 34.7. The Morgan fingerprint density at radius 2 is 1.28 bits per heavy atom. The van der Waals surface area contributed by atoms with Crippen LogP contribution in [0.1, 0.15) is 118 Å². The van der Waals surface area contributed by atoms with Crippen LogP contribution in [0.25, 0.3) is 0 Å². The normalized spacial score (nSPS) is 24.2. The maximum Gasteiger partial charge on any atom is 0.383 e. The summed E-state index contributed by atoms with van der Waals surface area (Å²) in [6.07, 6.45) is 18.3. The SMILES string of the molecule is C=CCCC1CCC(c2ccc(C(F)(F)OCCc3ccc(C4CCC(CC/C=C/C)CC4)cc3)cc2)CC1. The van der Waals surface area contributed by atoms with Crippen LogP contribution in [-0.2, 0) is 17.3 Å². The lowest BCUT2D eigenvalue weighted by molar-refractivity contribution is -0.248. The van der Waals surface area contributed by atoms with Crippen molar-refractivity contribution in [2.75, 3.05) is 6.61 Å². The highest BCUT2D eigenvalue weighted by atomic mass is 19.3. The number of benzene rings is 2. The van der Waals surface area contributed by atoms with Crippen molar-refractivity contribution >= 4 is 0 Å². The van der Waals surface area contributed by atoms with Crippen LogP contribution in [0.3, 0.4) is 0 Å². The number of hydrogen-bond donors (Lipinski definition) is 0. The molecule has 0 saturated heterocycles. The zero-order valence-corrected chi connectivity index (χ0v) is 23.9. The molecule has 39 heavy (non-hydrogen) atoms. The summed E-state index contributed by atoms with van der Waals surface area (Å²) in [4.78, 5) is 0. The molecule has 0 heterocycles. The van der Waals surface area contributed by atoms with Gasteiger partial charge in [0.2, 0.25) is 0 Å². The van der Waals surface area contributed by atoms with Crippen molar-refractivity contribution in [3.8, 4) is 0 Å². The third kappa shape index (κ3) is 8.87. The smallest absolute Gasteiger partial charge is 0.316 e. The van der Waals surface area contributed by atoms with Crippen molar-refractivity contribution in [2.24, 2.45) is 11.8 Å². The Hall–Kier alpha value is -2.26. The van der Waals surface area contributed by atoms with Gasteiger partial charge in [-0.3, -0.25) is 0 Å². The van der Waals surface area contributed by atoms with Crippen molar-refractivity contribution in [3.05, 3.63) is 95.6 Å². The van der Waals surface area contributed by atoms with Crippen LogP contribution in [0.2, 0.25) is 0 Å². The summed E-state index contributed by atoms with van der Waals surface area (Å²) in [5.41, 5.74) is 3.57. The Labute approximate surface area is 235 Å². The Kier molecular flexibility index (Phi) is 11.4. The molecule has 0 radical (unpaired) electrons. The highest BCUT2D eigenvalue weighted by Gasteiger charge is 2.33. The second-order valence-corrected chi connectivity index (χ2v) is 11.9. The van der Waals surface area contributed by atoms with E-state index < -0.39 is 6.11 Å². The quantitative estimate of drug-likeness (QED) is 0.232. The van der Waals surface area contributed by atoms with E-state index in [4.69, 9.17) is 4.74 Å². The van der Waals surface area contributed by atoms with Crippen LogP contribution in [0.5, 0.6) is 0 Å². The van der Waals surface area contributed by atoms with Gasteiger partial charge < -0.3 is 4.74 Å². The standard InChI is InChI=1S/C36H48F2O/c1-3-5-7-9-29-12-18-31(19-13-29)32-20-14-30(15-21-32)26-27-39-36(37,38)35-24-22-34(23-25-35)33-16-10-28(11-17-33)8-6-4-2/h3-5,14-15,20-25,28-29,31,33H,2,6-13,16-19,26-27H2,1H3/b5-3+. The lowest BCUT2D eigenvalue weighted by atomic mass is 9.77. The molecule has 2 aromatic rings. The predicted molar refractivity (Wildman–Crippen MR) is 159 cm³/mol. The molecule has 0 N–H and O–H groups in total. The first-order chi connectivity index (χ1) is 19.0. The zero-order valence-electron chi connectivity index (χ0n) is 23.9. The van der Waals surface area contributed by atoms with Gasteiger partial charge in [-0.25, -0.2) is 0 Å². The molecule has 0 aliphatic heterocycles. The molecule has 2 aliphatic rings. The summed E-state index contributed by atoms with van der Waals surface area (Å²) in [6.45, 7) is 5.92. The van der Waals surface area contributed by atoms with Gasteiger partial charge in [-0.1, -0.05) is 66.8 Å². The maximum atomic E-state index is 14.8. The number of ether oxygens (including phenoxy) is 1. The topological polar surface area (TPSA) is 9.23 Å². The van der Waals surface area contributed by atoms with Crippen LogP contribution in [0.15, 0.2) is 73.3 Å². The van der Waals surface area contributed by atoms with Crippen LogP contribution in [0, 0.1) is 11.8 Å². The highest BCUT2D eigenvalue weighted by Crippen LogP contribution is 2.39. The number of allylic oxidation sites excluding steroid dienone is 3. The van der Waals surface area contributed by atoms with Crippen molar-refractivity contribution < 1.29 is 13.5 Å². The Balaban J connectivity index is 1.19. The molecule has 0 bridgehead atoms. The van der Waals surface area contributed by atoms with E-state index in [-0.39, 0.29) is 12.2 Å². The minimum absolute atomic E-state index is 0.000134. The molecule has 0 amide bonds. The third-order valence-electron chi connectivity index (χ3n) is 9.29. The van der Waals surface area contributed by atoms with Crippen molar-refractivity contribution in [2.45, 2.75) is 108 Å². The summed E-state index contributed by atoms with van der Waals surface area (Å²) in [6, 6.07) is 15.5. The lowest BCUT2D eigenvalue weighted by Gasteiger charge is -2.29. The average molecular weight is 535 g/mol. The summed E-state index contributed by atoms with van der Waals surface area (Å²) >= 11 is 0. The van der Waals surface area contributed by atoms with E-state index in [2.05, 4.69) is 49.9 Å². The van der Waals surface area contributed by atoms with Crippen molar-refractivity contribution in [1.82, 2.24) is 0 Å². The molecule has 2 aromatic carbocycles. The van der Waals surface area contributed by atoms with E-state index in [1.54, 1.807) is 12.1 Å². The van der Waals surface area contributed by atoms with Crippen LogP contribution in [0.4, 0.5) is 8.78 Å². The average Bonchev–Trinajstić information content (AvgIpc) is 2.97. The molecule has 2 aliphatic carbocycles. The molecule has 1 nitrogen and oxygen atoms in total. The Morgan fingerprint density at radius 1 is 0.769 bits per heavy atom. The first-order valence-corrected chi connectivity index (χ1v) is 15.4. The first-order valence-electron chi connectivity index (χ1n) is 15.4. The second kappa shape index (κ2) is 14.9. The Morgan fingerprint density at radius 3 is 1.79 bits per heavy atom. The van der Waals surface area contributed by atoms with E-state index in [9.17, 15) is 8.78 Å². The van der Waals surface area contributed by atoms with Crippen molar-refractivity contribution in [3.63, 3.8) is 0 Å². The van der Waals surface area contributed by atoms with Crippen molar-refractivity contribution in [1.29, 1.82) is 0 Å². The fourth-order valence-electron chi connectivity index (χ4n) is 6.71. The monoisotopic (exact) mass is 534 g/mol. The number of rotatable bonds is 13. The maximum absolute atomic E-state index is 14.8. The van der Waals surface area contributed by atoms with E-state index in [0.29, 0.717) is 18.3 Å². The fourth-order valence-corrected chi connectivity index (χ4v) is 6.71. The van der Waals surface area contributed by atoms with Gasteiger partial charge in [0.15, 0.2) is 0 Å². The summed E-state index contributed by atoms with van der Waals surface area (Å²) in [5.74, 6) is 2.76. The van der Waals surface area contributed by atoms with E-state index >= 15 is 0 Å². The zero-order chi connectivity index (χ0) is 27.5. The molecule has 0 atom stereocenters. The fraction of sp³-hybridized carbons (Fsp3) is 0.556. The van der Waals surface area contributed by atoms with Gasteiger partial charge in [0.25, 0.3) is 0 Å². The summed E-state index contributed by atoms with van der Waals surface area (Å²) in [7, 11) is 0. The van der Waals surface area contributed by atoms with Gasteiger partial charge >= 0.3 is 6.11 Å². The summed E-state index contributed by atoms with van der Waals surface area (Å²) in [5, 5.41) is 0. The molecular weight excluding hydrogens is 486 g/mol. The Bertz CT molecular complexity index is 1010. The lowest BCUT2D eigenvalue weighted by Crippen LogP contribution is -2.20.